The van der Waals surface area contributed by atoms with Gasteiger partial charge in [-0.1, -0.05) is 25.5 Å². The summed E-state index contributed by atoms with van der Waals surface area (Å²) >= 11 is 0. The molecule has 3 rings (SSSR count). The van der Waals surface area contributed by atoms with Gasteiger partial charge in [0.25, 0.3) is 0 Å². The molecule has 0 radical (unpaired) electrons. The van der Waals surface area contributed by atoms with E-state index >= 15 is 0 Å². The number of aryl methyl sites for hydroxylation is 2. The molecule has 3 heteroatoms. The molecule has 0 amide bonds. The normalized spacial score (nSPS) is 14.6. The SMILES string of the molecule is CCCc1ccc(Nc2nc(C)cn2C2CC2)cc1. The van der Waals surface area contributed by atoms with Gasteiger partial charge in [-0.2, -0.15) is 0 Å². The van der Waals surface area contributed by atoms with E-state index in [0.29, 0.717) is 6.04 Å². The molecule has 0 aliphatic heterocycles. The minimum absolute atomic E-state index is 0.656. The lowest BCUT2D eigenvalue weighted by Crippen LogP contribution is -2.01. The van der Waals surface area contributed by atoms with Crippen LogP contribution in [0.1, 0.15) is 43.5 Å². The van der Waals surface area contributed by atoms with Gasteiger partial charge >= 0.3 is 0 Å². The highest BCUT2D eigenvalue weighted by atomic mass is 15.2. The summed E-state index contributed by atoms with van der Waals surface area (Å²) in [4.78, 5) is 4.58. The summed E-state index contributed by atoms with van der Waals surface area (Å²) in [6.07, 6.45) is 7.04. The Bertz CT molecular complexity index is 550. The van der Waals surface area contributed by atoms with Crippen LogP contribution in [0.25, 0.3) is 0 Å². The molecule has 2 aromatic rings. The second-order valence-corrected chi connectivity index (χ2v) is 5.42. The standard InChI is InChI=1S/C16H21N3/c1-3-4-13-5-7-14(8-6-13)18-16-17-12(2)11-19(16)15-9-10-15/h5-8,11,15H,3-4,9-10H2,1-2H3,(H,17,18). The molecule has 3 nitrogen and oxygen atoms in total. The maximum atomic E-state index is 4.58. The van der Waals surface area contributed by atoms with Crippen LogP contribution in [0.4, 0.5) is 11.6 Å². The predicted octanol–water partition coefficient (Wildman–Crippen LogP) is 4.22. The number of aromatic nitrogens is 2. The summed E-state index contributed by atoms with van der Waals surface area (Å²) in [6.45, 7) is 4.26. The van der Waals surface area contributed by atoms with Crippen molar-refractivity contribution in [2.45, 2.75) is 45.6 Å². The minimum Gasteiger partial charge on any atom is -0.326 e. The Morgan fingerprint density at radius 1 is 1.26 bits per heavy atom. The summed E-state index contributed by atoms with van der Waals surface area (Å²) in [7, 11) is 0. The fourth-order valence-electron chi connectivity index (χ4n) is 2.41. The number of benzene rings is 1. The van der Waals surface area contributed by atoms with Crippen LogP contribution in [-0.2, 0) is 6.42 Å². The van der Waals surface area contributed by atoms with E-state index in [4.69, 9.17) is 0 Å². The fraction of sp³-hybridized carbons (Fsp3) is 0.438. The Morgan fingerprint density at radius 2 is 2.00 bits per heavy atom. The molecule has 0 spiro atoms. The van der Waals surface area contributed by atoms with Crippen molar-refractivity contribution in [1.82, 2.24) is 9.55 Å². The van der Waals surface area contributed by atoms with E-state index in [1.54, 1.807) is 0 Å². The highest BCUT2D eigenvalue weighted by molar-refractivity contribution is 5.54. The highest BCUT2D eigenvalue weighted by Gasteiger charge is 2.26. The molecule has 0 atom stereocenters. The highest BCUT2D eigenvalue weighted by Crippen LogP contribution is 2.37. The van der Waals surface area contributed by atoms with E-state index in [1.165, 1.54) is 24.8 Å². The number of hydrogen-bond donors (Lipinski definition) is 1. The number of imidazole rings is 1. The van der Waals surface area contributed by atoms with E-state index < -0.39 is 0 Å². The van der Waals surface area contributed by atoms with Crippen molar-refractivity contribution >= 4 is 11.6 Å². The molecule has 1 N–H and O–H groups in total. The summed E-state index contributed by atoms with van der Waals surface area (Å²) in [5, 5.41) is 3.44. The van der Waals surface area contributed by atoms with E-state index in [-0.39, 0.29) is 0 Å². The van der Waals surface area contributed by atoms with Crippen LogP contribution in [0.3, 0.4) is 0 Å². The molecule has 0 unspecified atom stereocenters. The third-order valence-electron chi connectivity index (χ3n) is 3.54. The lowest BCUT2D eigenvalue weighted by molar-refractivity contribution is 0.750. The van der Waals surface area contributed by atoms with E-state index in [0.717, 1.165) is 23.8 Å². The van der Waals surface area contributed by atoms with E-state index in [2.05, 4.69) is 59.2 Å². The van der Waals surface area contributed by atoms with Crippen LogP contribution in [-0.4, -0.2) is 9.55 Å². The van der Waals surface area contributed by atoms with Gasteiger partial charge in [0.2, 0.25) is 5.95 Å². The average molecular weight is 255 g/mol. The van der Waals surface area contributed by atoms with Crippen molar-refractivity contribution in [3.63, 3.8) is 0 Å². The van der Waals surface area contributed by atoms with Crippen LogP contribution in [0.2, 0.25) is 0 Å². The zero-order valence-electron chi connectivity index (χ0n) is 11.7. The Labute approximate surface area is 114 Å². The fourth-order valence-corrected chi connectivity index (χ4v) is 2.41. The summed E-state index contributed by atoms with van der Waals surface area (Å²) in [5.41, 5.74) is 3.60. The molecule has 19 heavy (non-hydrogen) atoms. The van der Waals surface area contributed by atoms with Crippen LogP contribution >= 0.6 is 0 Å². The molecular weight excluding hydrogens is 234 g/mol. The third kappa shape index (κ3) is 2.80. The van der Waals surface area contributed by atoms with Gasteiger partial charge in [-0.25, -0.2) is 4.98 Å². The number of nitrogens with zero attached hydrogens (tertiary/aromatic N) is 2. The Hall–Kier alpha value is -1.77. The zero-order chi connectivity index (χ0) is 13.2. The van der Waals surface area contributed by atoms with Crippen LogP contribution in [0.5, 0.6) is 0 Å². The Kier molecular flexibility index (Phi) is 3.28. The summed E-state index contributed by atoms with van der Waals surface area (Å²) < 4.78 is 2.27. The number of rotatable bonds is 5. The molecule has 1 aliphatic carbocycles. The molecule has 100 valence electrons. The van der Waals surface area contributed by atoms with Crippen molar-refractivity contribution in [3.05, 3.63) is 41.7 Å². The van der Waals surface area contributed by atoms with Gasteiger partial charge in [0, 0.05) is 17.9 Å². The first-order valence-electron chi connectivity index (χ1n) is 7.17. The van der Waals surface area contributed by atoms with Gasteiger partial charge in [0.15, 0.2) is 0 Å². The van der Waals surface area contributed by atoms with Gasteiger partial charge in [-0.05, 0) is 43.9 Å². The van der Waals surface area contributed by atoms with Crippen molar-refractivity contribution in [3.8, 4) is 0 Å². The predicted molar refractivity (Wildman–Crippen MR) is 79.0 cm³/mol. The van der Waals surface area contributed by atoms with Gasteiger partial charge in [-0.15, -0.1) is 0 Å². The smallest absolute Gasteiger partial charge is 0.207 e. The summed E-state index contributed by atoms with van der Waals surface area (Å²) in [5.74, 6) is 0.975. The van der Waals surface area contributed by atoms with Gasteiger partial charge in [0.1, 0.15) is 0 Å². The zero-order valence-corrected chi connectivity index (χ0v) is 11.7. The molecule has 1 saturated carbocycles. The first-order valence-corrected chi connectivity index (χ1v) is 7.17. The minimum atomic E-state index is 0.656. The second kappa shape index (κ2) is 5.08. The molecule has 0 saturated heterocycles. The maximum Gasteiger partial charge on any atom is 0.207 e. The molecule has 1 fully saturated rings. The topological polar surface area (TPSA) is 29.9 Å². The van der Waals surface area contributed by atoms with E-state index in [9.17, 15) is 0 Å². The Balaban J connectivity index is 1.77. The first kappa shape index (κ1) is 12.3. The van der Waals surface area contributed by atoms with Crippen LogP contribution in [0.15, 0.2) is 30.5 Å². The van der Waals surface area contributed by atoms with Crippen molar-refractivity contribution in [2.24, 2.45) is 0 Å². The largest absolute Gasteiger partial charge is 0.326 e. The Morgan fingerprint density at radius 3 is 2.63 bits per heavy atom. The quantitative estimate of drug-likeness (QED) is 0.866. The number of hydrogen-bond acceptors (Lipinski definition) is 2. The molecule has 1 aromatic carbocycles. The molecule has 1 aromatic heterocycles. The van der Waals surface area contributed by atoms with Crippen molar-refractivity contribution in [2.75, 3.05) is 5.32 Å². The van der Waals surface area contributed by atoms with Crippen molar-refractivity contribution in [1.29, 1.82) is 0 Å². The van der Waals surface area contributed by atoms with Gasteiger partial charge in [-0.3, -0.25) is 0 Å². The van der Waals surface area contributed by atoms with E-state index in [1.807, 2.05) is 0 Å². The van der Waals surface area contributed by atoms with Gasteiger partial charge in [0.05, 0.1) is 5.69 Å². The second-order valence-electron chi connectivity index (χ2n) is 5.42. The number of anilines is 2. The molecule has 1 heterocycles. The molecule has 1 aliphatic rings. The maximum absolute atomic E-state index is 4.58. The summed E-state index contributed by atoms with van der Waals surface area (Å²) in [6, 6.07) is 9.34. The monoisotopic (exact) mass is 255 g/mol. The lowest BCUT2D eigenvalue weighted by Gasteiger charge is -2.09. The average Bonchev–Trinajstić information content (AvgIpc) is 3.17. The lowest BCUT2D eigenvalue weighted by atomic mass is 10.1. The molecular formula is C16H21N3. The van der Waals surface area contributed by atoms with Crippen LogP contribution in [0, 0.1) is 6.92 Å². The third-order valence-corrected chi connectivity index (χ3v) is 3.54. The first-order chi connectivity index (χ1) is 9.26. The number of nitrogens with one attached hydrogen (secondary N) is 1. The van der Waals surface area contributed by atoms with Crippen LogP contribution < -0.4 is 5.32 Å². The van der Waals surface area contributed by atoms with Crippen molar-refractivity contribution < 1.29 is 0 Å². The molecule has 0 bridgehead atoms. The van der Waals surface area contributed by atoms with Gasteiger partial charge < -0.3 is 9.88 Å².